The molecule has 2 atom stereocenters. The predicted molar refractivity (Wildman–Crippen MR) is 121 cm³/mol. The highest BCUT2D eigenvalue weighted by Gasteiger charge is 2.34. The molecule has 7 nitrogen and oxygen atoms in total. The molecule has 2 fully saturated rings. The lowest BCUT2D eigenvalue weighted by Crippen LogP contribution is -2.43. The summed E-state index contributed by atoms with van der Waals surface area (Å²) in [5.74, 6) is 0.646. The van der Waals surface area contributed by atoms with Crippen LogP contribution >= 0.6 is 0 Å². The van der Waals surface area contributed by atoms with Crippen LogP contribution in [0.3, 0.4) is 0 Å². The molecule has 0 amide bonds. The molecule has 0 aliphatic carbocycles. The van der Waals surface area contributed by atoms with Crippen molar-refractivity contribution >= 4 is 22.4 Å². The van der Waals surface area contributed by atoms with Crippen LogP contribution in [0.25, 0.3) is 22.4 Å². The summed E-state index contributed by atoms with van der Waals surface area (Å²) in [5, 5.41) is 5.65. The van der Waals surface area contributed by atoms with Crippen molar-refractivity contribution in [2.24, 2.45) is 0 Å². The van der Waals surface area contributed by atoms with Crippen LogP contribution in [-0.4, -0.2) is 45.0 Å². The van der Waals surface area contributed by atoms with Gasteiger partial charge in [0.2, 0.25) is 0 Å². The quantitative estimate of drug-likeness (QED) is 0.532. The molecular formula is C24H23FN6O. The number of ether oxygens (including phenoxy) is 1. The maximum absolute atomic E-state index is 14.2. The lowest BCUT2D eigenvalue weighted by atomic mass is 10.2. The highest BCUT2D eigenvalue weighted by atomic mass is 19.1. The fourth-order valence-electron chi connectivity index (χ4n) is 4.76. The first-order chi connectivity index (χ1) is 15.7. The summed E-state index contributed by atoms with van der Waals surface area (Å²) in [7, 11) is 0. The Morgan fingerprint density at radius 3 is 2.56 bits per heavy atom. The second-order valence-electron chi connectivity index (χ2n) is 8.44. The van der Waals surface area contributed by atoms with Crippen molar-refractivity contribution in [1.82, 2.24) is 19.7 Å². The number of nitrogens with zero attached hydrogens (tertiary/aromatic N) is 5. The lowest BCUT2D eigenvalue weighted by Gasteiger charge is -2.33. The number of hydrogen-bond acceptors (Lipinski definition) is 6. The van der Waals surface area contributed by atoms with Gasteiger partial charge in [-0.3, -0.25) is 4.68 Å². The minimum atomic E-state index is -0.252. The van der Waals surface area contributed by atoms with Crippen LogP contribution in [-0.2, 0) is 11.3 Å². The Hall–Kier alpha value is -3.52. The molecular weight excluding hydrogens is 407 g/mol. The third-order valence-corrected chi connectivity index (χ3v) is 6.33. The number of hydrogen-bond donors (Lipinski definition) is 1. The van der Waals surface area contributed by atoms with Crippen LogP contribution in [0.4, 0.5) is 15.9 Å². The van der Waals surface area contributed by atoms with E-state index in [2.05, 4.69) is 14.9 Å². The average molecular weight is 430 g/mol. The Balaban J connectivity index is 1.37. The van der Waals surface area contributed by atoms with E-state index in [1.54, 1.807) is 23.0 Å². The van der Waals surface area contributed by atoms with Crippen molar-refractivity contribution < 1.29 is 9.13 Å². The number of nitrogen functional groups attached to an aromatic ring is 1. The number of para-hydroxylation sites is 1. The zero-order valence-electron chi connectivity index (χ0n) is 17.5. The summed E-state index contributed by atoms with van der Waals surface area (Å²) in [6.45, 7) is 1.94. The van der Waals surface area contributed by atoms with E-state index >= 15 is 0 Å². The van der Waals surface area contributed by atoms with Gasteiger partial charge >= 0.3 is 0 Å². The largest absolute Gasteiger partial charge is 0.382 e. The van der Waals surface area contributed by atoms with Gasteiger partial charge in [-0.1, -0.05) is 36.4 Å². The first kappa shape index (κ1) is 19.2. The minimum absolute atomic E-state index is 0.252. The molecule has 2 bridgehead atoms. The third kappa shape index (κ3) is 3.27. The van der Waals surface area contributed by atoms with Crippen LogP contribution in [0.2, 0.25) is 0 Å². The number of aromatic nitrogens is 4. The van der Waals surface area contributed by atoms with E-state index < -0.39 is 0 Å². The molecule has 4 heterocycles. The van der Waals surface area contributed by atoms with Crippen molar-refractivity contribution in [3.63, 3.8) is 0 Å². The number of nitrogens with two attached hydrogens (primary N) is 1. The van der Waals surface area contributed by atoms with E-state index in [-0.39, 0.29) is 18.0 Å². The van der Waals surface area contributed by atoms with Gasteiger partial charge in [0.25, 0.3) is 0 Å². The molecule has 6 rings (SSSR count). The number of fused-ring (bicyclic) bond motifs is 3. The van der Waals surface area contributed by atoms with Gasteiger partial charge in [-0.15, -0.1) is 0 Å². The number of halogens is 1. The number of rotatable bonds is 4. The molecule has 2 N–H and O–H groups in total. The van der Waals surface area contributed by atoms with Crippen LogP contribution in [0, 0.1) is 5.82 Å². The van der Waals surface area contributed by atoms with Crippen molar-refractivity contribution in [2.45, 2.75) is 31.6 Å². The highest BCUT2D eigenvalue weighted by molar-refractivity contribution is 5.92. The van der Waals surface area contributed by atoms with E-state index in [0.29, 0.717) is 29.4 Å². The minimum Gasteiger partial charge on any atom is -0.382 e. The fraction of sp³-hybridized carbons (Fsp3) is 0.292. The van der Waals surface area contributed by atoms with Crippen LogP contribution in [0.1, 0.15) is 18.4 Å². The average Bonchev–Trinajstić information content (AvgIpc) is 3.34. The van der Waals surface area contributed by atoms with E-state index in [9.17, 15) is 4.39 Å². The molecule has 0 spiro atoms. The van der Waals surface area contributed by atoms with Crippen molar-refractivity contribution in [2.75, 3.05) is 23.7 Å². The molecule has 2 saturated heterocycles. The zero-order chi connectivity index (χ0) is 21.7. The maximum atomic E-state index is 14.2. The second kappa shape index (κ2) is 7.56. The summed E-state index contributed by atoms with van der Waals surface area (Å²) in [5.41, 5.74) is 9.32. The molecule has 4 aromatic rings. The molecule has 2 aliphatic heterocycles. The Morgan fingerprint density at radius 1 is 1.03 bits per heavy atom. The van der Waals surface area contributed by atoms with Gasteiger partial charge in [0, 0.05) is 24.0 Å². The van der Waals surface area contributed by atoms with Gasteiger partial charge in [0.05, 0.1) is 36.2 Å². The van der Waals surface area contributed by atoms with E-state index in [4.69, 9.17) is 15.6 Å². The molecule has 162 valence electrons. The van der Waals surface area contributed by atoms with Crippen LogP contribution < -0.4 is 10.6 Å². The Morgan fingerprint density at radius 2 is 1.78 bits per heavy atom. The first-order valence-corrected chi connectivity index (χ1v) is 10.9. The normalized spacial score (nSPS) is 20.2. The number of benzene rings is 2. The van der Waals surface area contributed by atoms with Gasteiger partial charge in [0.1, 0.15) is 11.5 Å². The first-order valence-electron chi connectivity index (χ1n) is 10.9. The maximum Gasteiger partial charge on any atom is 0.182 e. The summed E-state index contributed by atoms with van der Waals surface area (Å²) in [6.07, 6.45) is 4.47. The molecule has 8 heteroatoms. The summed E-state index contributed by atoms with van der Waals surface area (Å²) < 4.78 is 22.0. The summed E-state index contributed by atoms with van der Waals surface area (Å²) in [6, 6.07) is 14.6. The van der Waals surface area contributed by atoms with Crippen LogP contribution in [0.5, 0.6) is 0 Å². The molecule has 32 heavy (non-hydrogen) atoms. The lowest BCUT2D eigenvalue weighted by molar-refractivity contribution is 0.0305. The topological polar surface area (TPSA) is 82.1 Å². The van der Waals surface area contributed by atoms with Gasteiger partial charge in [-0.05, 0) is 25.0 Å². The Kier molecular flexibility index (Phi) is 4.53. The second-order valence-corrected chi connectivity index (χ2v) is 8.44. The summed E-state index contributed by atoms with van der Waals surface area (Å²) in [4.78, 5) is 11.5. The third-order valence-electron chi connectivity index (χ3n) is 6.33. The molecule has 2 aromatic heterocycles. The Labute approximate surface area is 184 Å². The SMILES string of the molecule is Nc1nc(-c2nn(Cc3ccccc3F)c3ccccc23)ncc1N1CC2CCC(C1)O2. The molecule has 0 radical (unpaired) electrons. The molecule has 2 aromatic carbocycles. The molecule has 2 aliphatic rings. The molecule has 2 unspecified atom stereocenters. The fourth-order valence-corrected chi connectivity index (χ4v) is 4.76. The van der Waals surface area contributed by atoms with Gasteiger partial charge in [-0.25, -0.2) is 14.4 Å². The van der Waals surface area contributed by atoms with E-state index in [1.165, 1.54) is 6.07 Å². The summed E-state index contributed by atoms with van der Waals surface area (Å²) >= 11 is 0. The van der Waals surface area contributed by atoms with Gasteiger partial charge in [0.15, 0.2) is 11.6 Å². The number of anilines is 2. The van der Waals surface area contributed by atoms with Crippen LogP contribution in [0.15, 0.2) is 54.7 Å². The van der Waals surface area contributed by atoms with Crippen molar-refractivity contribution in [1.29, 1.82) is 0 Å². The van der Waals surface area contributed by atoms with Gasteiger partial charge in [-0.2, -0.15) is 5.10 Å². The van der Waals surface area contributed by atoms with E-state index in [0.717, 1.165) is 42.5 Å². The van der Waals surface area contributed by atoms with E-state index in [1.807, 2.05) is 30.3 Å². The number of morpholine rings is 1. The monoisotopic (exact) mass is 430 g/mol. The smallest absolute Gasteiger partial charge is 0.182 e. The van der Waals surface area contributed by atoms with Crippen molar-refractivity contribution in [3.8, 4) is 11.5 Å². The molecule has 0 saturated carbocycles. The van der Waals surface area contributed by atoms with Crippen molar-refractivity contribution in [3.05, 3.63) is 66.1 Å². The highest BCUT2D eigenvalue weighted by Crippen LogP contribution is 2.33. The zero-order valence-corrected chi connectivity index (χ0v) is 17.5. The predicted octanol–water partition coefficient (Wildman–Crippen LogP) is 3.63. The standard InChI is InChI=1S/C24H23FN6O/c25-19-7-3-1-5-15(19)12-31-20-8-4-2-6-18(20)22(29-31)24-27-11-21(23(26)28-24)30-13-16-9-10-17(14-30)32-16/h1-8,11,16-17H,9-10,12-14H2,(H2,26,27,28). The Bertz CT molecular complexity index is 1290. The van der Waals surface area contributed by atoms with Gasteiger partial charge < -0.3 is 15.4 Å².